The molecule has 2 nitrogen and oxygen atoms in total. The predicted octanol–water partition coefficient (Wildman–Crippen LogP) is 4.13. The second kappa shape index (κ2) is 6.33. The number of benzene rings is 2. The van der Waals surface area contributed by atoms with Gasteiger partial charge in [-0.1, -0.05) is 17.7 Å². The molecule has 104 valence electrons. The Kier molecular flexibility index (Phi) is 4.51. The van der Waals surface area contributed by atoms with Gasteiger partial charge in [0.05, 0.1) is 0 Å². The van der Waals surface area contributed by atoms with Crippen LogP contribution in [0.3, 0.4) is 0 Å². The van der Waals surface area contributed by atoms with Gasteiger partial charge in [0.1, 0.15) is 5.82 Å². The molecule has 2 aromatic rings. The molecule has 0 unspecified atom stereocenters. The Morgan fingerprint density at radius 1 is 1.10 bits per heavy atom. The Labute approximate surface area is 118 Å². The van der Waals surface area contributed by atoms with Gasteiger partial charge in [-0.25, -0.2) is 4.39 Å². The highest BCUT2D eigenvalue weighted by atomic mass is 19.1. The van der Waals surface area contributed by atoms with E-state index in [2.05, 4.69) is 18.3 Å². The van der Waals surface area contributed by atoms with Crippen molar-refractivity contribution >= 4 is 11.5 Å². The number of hydrogen-bond acceptors (Lipinski definition) is 2. The summed E-state index contributed by atoms with van der Waals surface area (Å²) in [6, 6.07) is 11.8. The maximum absolute atomic E-state index is 12.8. The number of carbonyl (C=O) groups is 1. The zero-order valence-electron chi connectivity index (χ0n) is 11.7. The molecule has 0 aliphatic rings. The van der Waals surface area contributed by atoms with E-state index in [0.29, 0.717) is 18.5 Å². The third kappa shape index (κ3) is 3.67. The summed E-state index contributed by atoms with van der Waals surface area (Å²) in [5, 5.41) is 3.26. The monoisotopic (exact) mass is 271 g/mol. The van der Waals surface area contributed by atoms with Crippen LogP contribution >= 0.6 is 0 Å². The number of rotatable bonds is 5. The molecule has 0 saturated heterocycles. The predicted molar refractivity (Wildman–Crippen MR) is 79.8 cm³/mol. The first-order chi connectivity index (χ1) is 9.56. The van der Waals surface area contributed by atoms with Crippen LogP contribution in [-0.2, 0) is 0 Å². The minimum Gasteiger partial charge on any atom is -0.384 e. The summed E-state index contributed by atoms with van der Waals surface area (Å²) in [6.07, 6.45) is 0.388. The van der Waals surface area contributed by atoms with E-state index in [1.807, 2.05) is 19.1 Å². The van der Waals surface area contributed by atoms with Crippen LogP contribution in [0.15, 0.2) is 42.5 Å². The van der Waals surface area contributed by atoms with Gasteiger partial charge in [-0.05, 0) is 49.7 Å². The lowest BCUT2D eigenvalue weighted by Gasteiger charge is -2.09. The van der Waals surface area contributed by atoms with E-state index >= 15 is 0 Å². The van der Waals surface area contributed by atoms with E-state index in [0.717, 1.165) is 5.69 Å². The average molecular weight is 271 g/mol. The van der Waals surface area contributed by atoms with Crippen LogP contribution in [0.2, 0.25) is 0 Å². The van der Waals surface area contributed by atoms with Crippen molar-refractivity contribution in [2.24, 2.45) is 0 Å². The average Bonchev–Trinajstić information content (AvgIpc) is 2.42. The number of ketones is 1. The smallest absolute Gasteiger partial charge is 0.164 e. The lowest BCUT2D eigenvalue weighted by molar-refractivity contribution is 0.0986. The van der Waals surface area contributed by atoms with E-state index in [1.165, 1.54) is 35.4 Å². The van der Waals surface area contributed by atoms with Gasteiger partial charge in [0.25, 0.3) is 0 Å². The summed E-state index contributed by atoms with van der Waals surface area (Å²) in [6.45, 7) is 4.66. The van der Waals surface area contributed by atoms with Gasteiger partial charge in [0.15, 0.2) is 5.78 Å². The minimum absolute atomic E-state index is 0.0160. The van der Waals surface area contributed by atoms with Crippen LogP contribution in [0, 0.1) is 19.7 Å². The highest BCUT2D eigenvalue weighted by Crippen LogP contribution is 2.16. The maximum atomic E-state index is 12.8. The molecule has 1 N–H and O–H groups in total. The molecule has 0 spiro atoms. The van der Waals surface area contributed by atoms with Crippen molar-refractivity contribution in [2.45, 2.75) is 20.3 Å². The summed E-state index contributed by atoms with van der Waals surface area (Å²) in [5.41, 5.74) is 3.98. The van der Waals surface area contributed by atoms with Crippen molar-refractivity contribution in [1.82, 2.24) is 0 Å². The molecule has 0 radical (unpaired) electrons. The zero-order valence-corrected chi connectivity index (χ0v) is 11.7. The van der Waals surface area contributed by atoms with E-state index in [9.17, 15) is 9.18 Å². The second-order valence-electron chi connectivity index (χ2n) is 4.93. The highest BCUT2D eigenvalue weighted by molar-refractivity contribution is 5.96. The van der Waals surface area contributed by atoms with E-state index in [-0.39, 0.29) is 11.6 Å². The lowest BCUT2D eigenvalue weighted by Crippen LogP contribution is -2.09. The molecule has 0 bridgehead atoms. The molecule has 0 heterocycles. The SMILES string of the molecule is Cc1ccc(NCCC(=O)c2ccc(F)cc2)c(C)c1. The van der Waals surface area contributed by atoms with Crippen LogP contribution in [0.5, 0.6) is 0 Å². The molecule has 0 aliphatic carbocycles. The van der Waals surface area contributed by atoms with E-state index in [1.54, 1.807) is 0 Å². The van der Waals surface area contributed by atoms with Crippen LogP contribution in [0.25, 0.3) is 0 Å². The molecule has 0 amide bonds. The topological polar surface area (TPSA) is 29.1 Å². The van der Waals surface area contributed by atoms with E-state index in [4.69, 9.17) is 0 Å². The highest BCUT2D eigenvalue weighted by Gasteiger charge is 2.06. The Bertz CT molecular complexity index is 605. The summed E-state index contributed by atoms with van der Waals surface area (Å²) in [5.74, 6) is -0.308. The molecule has 20 heavy (non-hydrogen) atoms. The van der Waals surface area contributed by atoms with Crippen molar-refractivity contribution in [1.29, 1.82) is 0 Å². The Morgan fingerprint density at radius 3 is 2.45 bits per heavy atom. The first kappa shape index (κ1) is 14.3. The van der Waals surface area contributed by atoms with Crippen molar-refractivity contribution < 1.29 is 9.18 Å². The third-order valence-corrected chi connectivity index (χ3v) is 3.22. The number of Topliss-reactive ketones (excluding diaryl/α,β-unsaturated/α-hetero) is 1. The Morgan fingerprint density at radius 2 is 1.80 bits per heavy atom. The van der Waals surface area contributed by atoms with E-state index < -0.39 is 0 Å². The van der Waals surface area contributed by atoms with Crippen molar-refractivity contribution in [3.05, 3.63) is 65.0 Å². The van der Waals surface area contributed by atoms with Crippen LogP contribution in [-0.4, -0.2) is 12.3 Å². The maximum Gasteiger partial charge on any atom is 0.164 e. The second-order valence-corrected chi connectivity index (χ2v) is 4.93. The Balaban J connectivity index is 1.89. The van der Waals surface area contributed by atoms with Crippen LogP contribution in [0.1, 0.15) is 27.9 Å². The third-order valence-electron chi connectivity index (χ3n) is 3.22. The fourth-order valence-electron chi connectivity index (χ4n) is 2.10. The fraction of sp³-hybridized carbons (Fsp3) is 0.235. The molecular formula is C17H18FNO. The number of aryl methyl sites for hydroxylation is 2. The summed E-state index contributed by atoms with van der Waals surface area (Å²) in [4.78, 5) is 11.9. The van der Waals surface area contributed by atoms with Gasteiger partial charge in [-0.2, -0.15) is 0 Å². The molecule has 2 rings (SSSR count). The minimum atomic E-state index is -0.324. The number of nitrogens with one attached hydrogen (secondary N) is 1. The Hall–Kier alpha value is -2.16. The molecule has 2 aromatic carbocycles. The van der Waals surface area contributed by atoms with Gasteiger partial charge >= 0.3 is 0 Å². The molecule has 0 aliphatic heterocycles. The van der Waals surface area contributed by atoms with Gasteiger partial charge in [0.2, 0.25) is 0 Å². The molecule has 0 aromatic heterocycles. The number of anilines is 1. The largest absolute Gasteiger partial charge is 0.384 e. The van der Waals surface area contributed by atoms with Crippen molar-refractivity contribution in [3.8, 4) is 0 Å². The lowest BCUT2D eigenvalue weighted by atomic mass is 10.1. The molecule has 0 fully saturated rings. The quantitative estimate of drug-likeness (QED) is 0.828. The number of halogens is 1. The zero-order chi connectivity index (χ0) is 14.5. The first-order valence-corrected chi connectivity index (χ1v) is 6.66. The fourth-order valence-corrected chi connectivity index (χ4v) is 2.10. The van der Waals surface area contributed by atoms with Crippen LogP contribution in [0.4, 0.5) is 10.1 Å². The van der Waals surface area contributed by atoms with Gasteiger partial charge in [0, 0.05) is 24.2 Å². The van der Waals surface area contributed by atoms with Crippen LogP contribution < -0.4 is 5.32 Å². The van der Waals surface area contributed by atoms with Crippen molar-refractivity contribution in [3.63, 3.8) is 0 Å². The van der Waals surface area contributed by atoms with Gasteiger partial charge in [-0.15, -0.1) is 0 Å². The molecule has 0 atom stereocenters. The molecule has 3 heteroatoms. The molecule has 0 saturated carbocycles. The normalized spacial score (nSPS) is 10.3. The molecular weight excluding hydrogens is 253 g/mol. The summed E-state index contributed by atoms with van der Waals surface area (Å²) in [7, 11) is 0. The van der Waals surface area contributed by atoms with Gasteiger partial charge < -0.3 is 5.32 Å². The summed E-state index contributed by atoms with van der Waals surface area (Å²) >= 11 is 0. The summed E-state index contributed by atoms with van der Waals surface area (Å²) < 4.78 is 12.8. The first-order valence-electron chi connectivity index (χ1n) is 6.66. The number of hydrogen-bond donors (Lipinski definition) is 1. The van der Waals surface area contributed by atoms with Crippen molar-refractivity contribution in [2.75, 3.05) is 11.9 Å². The van der Waals surface area contributed by atoms with Gasteiger partial charge in [-0.3, -0.25) is 4.79 Å². The standard InChI is InChI=1S/C17H18FNO/c1-12-3-8-16(13(2)11-12)19-10-9-17(20)14-4-6-15(18)7-5-14/h3-8,11,19H,9-10H2,1-2H3. The number of carbonyl (C=O) groups excluding carboxylic acids is 1.